The number of benzene rings is 1. The van der Waals surface area contributed by atoms with Crippen molar-refractivity contribution in [2.45, 2.75) is 51.7 Å². The van der Waals surface area contributed by atoms with E-state index >= 15 is 0 Å². The second kappa shape index (κ2) is 6.35. The molecule has 1 aliphatic rings. The first-order chi connectivity index (χ1) is 8.72. The lowest BCUT2D eigenvalue weighted by Gasteiger charge is -2.22. The molecule has 0 aromatic heterocycles. The number of rotatable bonds is 5. The van der Waals surface area contributed by atoms with Crippen LogP contribution in [-0.4, -0.2) is 12.7 Å². The van der Waals surface area contributed by atoms with Gasteiger partial charge in [0.1, 0.15) is 0 Å². The third kappa shape index (κ3) is 3.12. The van der Waals surface area contributed by atoms with Crippen LogP contribution in [0.2, 0.25) is 0 Å². The Balaban J connectivity index is 2.00. The molecular formula is C16H25NO. The van der Waals surface area contributed by atoms with E-state index in [4.69, 9.17) is 10.5 Å². The fraction of sp³-hybridized carbons (Fsp3) is 0.625. The van der Waals surface area contributed by atoms with Crippen LogP contribution in [0.25, 0.3) is 0 Å². The first-order valence-electron chi connectivity index (χ1n) is 7.18. The van der Waals surface area contributed by atoms with Gasteiger partial charge in [-0.25, -0.2) is 0 Å². The van der Waals surface area contributed by atoms with Gasteiger partial charge in [0.15, 0.2) is 0 Å². The summed E-state index contributed by atoms with van der Waals surface area (Å²) in [5, 5.41) is 0. The average molecular weight is 247 g/mol. The zero-order chi connectivity index (χ0) is 13.0. The summed E-state index contributed by atoms with van der Waals surface area (Å²) in [6.45, 7) is 5.22. The molecule has 2 nitrogen and oxygen atoms in total. The zero-order valence-corrected chi connectivity index (χ0v) is 11.6. The van der Waals surface area contributed by atoms with Crippen LogP contribution >= 0.6 is 0 Å². The maximum atomic E-state index is 6.36. The smallest absolute Gasteiger partial charge is 0.0594 e. The van der Waals surface area contributed by atoms with E-state index in [0.717, 1.165) is 13.0 Å². The molecule has 1 aliphatic heterocycles. The van der Waals surface area contributed by atoms with E-state index in [1.165, 1.54) is 30.4 Å². The van der Waals surface area contributed by atoms with Crippen LogP contribution in [0.5, 0.6) is 0 Å². The van der Waals surface area contributed by atoms with Gasteiger partial charge in [-0.15, -0.1) is 0 Å². The minimum atomic E-state index is 0.114. The van der Waals surface area contributed by atoms with Gasteiger partial charge in [0.05, 0.1) is 6.10 Å². The van der Waals surface area contributed by atoms with Crippen LogP contribution < -0.4 is 5.73 Å². The molecule has 1 heterocycles. The van der Waals surface area contributed by atoms with Crippen molar-refractivity contribution in [1.82, 2.24) is 0 Å². The van der Waals surface area contributed by atoms with Gasteiger partial charge in [-0.3, -0.25) is 0 Å². The molecule has 0 radical (unpaired) electrons. The maximum Gasteiger partial charge on any atom is 0.0594 e. The van der Waals surface area contributed by atoms with Gasteiger partial charge < -0.3 is 10.5 Å². The SMILES string of the molecule is CCCCc1ccc(C(N)C2CCOC2C)cc1. The molecule has 0 amide bonds. The molecule has 2 heteroatoms. The van der Waals surface area contributed by atoms with Gasteiger partial charge in [0, 0.05) is 18.6 Å². The summed E-state index contributed by atoms with van der Waals surface area (Å²) in [5.41, 5.74) is 9.03. The van der Waals surface area contributed by atoms with Crippen LogP contribution in [-0.2, 0) is 11.2 Å². The lowest BCUT2D eigenvalue weighted by atomic mass is 9.88. The molecule has 1 saturated heterocycles. The highest BCUT2D eigenvalue weighted by molar-refractivity contribution is 5.25. The lowest BCUT2D eigenvalue weighted by Crippen LogP contribution is -2.26. The molecule has 0 aliphatic carbocycles. The van der Waals surface area contributed by atoms with E-state index in [1.54, 1.807) is 0 Å². The number of unbranched alkanes of at least 4 members (excludes halogenated alkanes) is 1. The van der Waals surface area contributed by atoms with Gasteiger partial charge in [-0.1, -0.05) is 37.6 Å². The monoisotopic (exact) mass is 247 g/mol. The van der Waals surface area contributed by atoms with Crippen molar-refractivity contribution in [3.05, 3.63) is 35.4 Å². The topological polar surface area (TPSA) is 35.2 Å². The number of hydrogen-bond donors (Lipinski definition) is 1. The predicted octanol–water partition coefficient (Wildman–Crippen LogP) is 3.45. The number of ether oxygens (including phenoxy) is 1. The Bertz CT molecular complexity index is 360. The fourth-order valence-corrected chi connectivity index (χ4v) is 2.75. The van der Waals surface area contributed by atoms with Gasteiger partial charge in [0.25, 0.3) is 0 Å². The summed E-state index contributed by atoms with van der Waals surface area (Å²) in [5.74, 6) is 0.464. The molecule has 3 unspecified atom stereocenters. The summed E-state index contributed by atoms with van der Waals surface area (Å²) in [6.07, 6.45) is 5.06. The third-order valence-corrected chi connectivity index (χ3v) is 4.08. The maximum absolute atomic E-state index is 6.36. The summed E-state index contributed by atoms with van der Waals surface area (Å²) in [4.78, 5) is 0. The van der Waals surface area contributed by atoms with Gasteiger partial charge in [-0.05, 0) is 37.3 Å². The van der Waals surface area contributed by atoms with Crippen LogP contribution in [0.3, 0.4) is 0 Å². The summed E-state index contributed by atoms with van der Waals surface area (Å²) >= 11 is 0. The van der Waals surface area contributed by atoms with Crippen molar-refractivity contribution in [2.24, 2.45) is 11.7 Å². The van der Waals surface area contributed by atoms with Crippen molar-refractivity contribution >= 4 is 0 Å². The van der Waals surface area contributed by atoms with E-state index in [-0.39, 0.29) is 6.04 Å². The normalized spacial score (nSPS) is 25.3. The van der Waals surface area contributed by atoms with E-state index in [1.807, 2.05) is 0 Å². The molecule has 1 aromatic carbocycles. The lowest BCUT2D eigenvalue weighted by molar-refractivity contribution is 0.0995. The fourth-order valence-electron chi connectivity index (χ4n) is 2.75. The molecule has 0 saturated carbocycles. The van der Waals surface area contributed by atoms with Crippen molar-refractivity contribution in [1.29, 1.82) is 0 Å². The number of hydrogen-bond acceptors (Lipinski definition) is 2. The van der Waals surface area contributed by atoms with E-state index in [2.05, 4.69) is 38.1 Å². The van der Waals surface area contributed by atoms with Crippen LogP contribution in [0, 0.1) is 5.92 Å². The Morgan fingerprint density at radius 2 is 2.06 bits per heavy atom. The molecule has 100 valence electrons. The predicted molar refractivity (Wildman–Crippen MR) is 75.5 cm³/mol. The van der Waals surface area contributed by atoms with Crippen molar-refractivity contribution in [3.8, 4) is 0 Å². The van der Waals surface area contributed by atoms with E-state index in [9.17, 15) is 0 Å². The van der Waals surface area contributed by atoms with Crippen molar-refractivity contribution in [2.75, 3.05) is 6.61 Å². The Morgan fingerprint density at radius 3 is 2.61 bits per heavy atom. The highest BCUT2D eigenvalue weighted by Gasteiger charge is 2.30. The third-order valence-electron chi connectivity index (χ3n) is 4.08. The summed E-state index contributed by atoms with van der Waals surface area (Å²) in [6, 6.07) is 8.96. The van der Waals surface area contributed by atoms with Crippen molar-refractivity contribution < 1.29 is 4.74 Å². The largest absolute Gasteiger partial charge is 0.378 e. The molecular weight excluding hydrogens is 222 g/mol. The van der Waals surface area contributed by atoms with E-state index in [0.29, 0.717) is 12.0 Å². The number of nitrogens with two attached hydrogens (primary N) is 1. The molecule has 3 atom stereocenters. The molecule has 0 spiro atoms. The Morgan fingerprint density at radius 1 is 1.33 bits per heavy atom. The molecule has 1 aromatic rings. The Labute approximate surface area is 111 Å². The average Bonchev–Trinajstić information content (AvgIpc) is 2.82. The Hall–Kier alpha value is -0.860. The zero-order valence-electron chi connectivity index (χ0n) is 11.6. The molecule has 0 bridgehead atoms. The van der Waals surface area contributed by atoms with Crippen LogP contribution in [0.1, 0.15) is 50.3 Å². The molecule has 2 rings (SSSR count). The minimum absolute atomic E-state index is 0.114. The van der Waals surface area contributed by atoms with Gasteiger partial charge in [0.2, 0.25) is 0 Å². The first kappa shape index (κ1) is 13.6. The second-order valence-electron chi connectivity index (χ2n) is 5.40. The summed E-state index contributed by atoms with van der Waals surface area (Å²) in [7, 11) is 0. The van der Waals surface area contributed by atoms with Gasteiger partial charge in [-0.2, -0.15) is 0 Å². The highest BCUT2D eigenvalue weighted by Crippen LogP contribution is 2.31. The highest BCUT2D eigenvalue weighted by atomic mass is 16.5. The quantitative estimate of drug-likeness (QED) is 0.865. The van der Waals surface area contributed by atoms with Crippen LogP contribution in [0.4, 0.5) is 0 Å². The van der Waals surface area contributed by atoms with Crippen molar-refractivity contribution in [3.63, 3.8) is 0 Å². The summed E-state index contributed by atoms with van der Waals surface area (Å²) < 4.78 is 5.60. The van der Waals surface area contributed by atoms with Crippen LogP contribution in [0.15, 0.2) is 24.3 Å². The molecule has 2 N–H and O–H groups in total. The van der Waals surface area contributed by atoms with Gasteiger partial charge >= 0.3 is 0 Å². The standard InChI is InChI=1S/C16H25NO/c1-3-4-5-13-6-8-14(9-7-13)16(17)15-10-11-18-12(15)2/h6-9,12,15-16H,3-5,10-11,17H2,1-2H3. The first-order valence-corrected chi connectivity index (χ1v) is 7.18. The number of aryl methyl sites for hydroxylation is 1. The minimum Gasteiger partial charge on any atom is -0.378 e. The second-order valence-corrected chi connectivity index (χ2v) is 5.40. The molecule has 18 heavy (non-hydrogen) atoms. The molecule has 1 fully saturated rings. The van der Waals surface area contributed by atoms with E-state index < -0.39 is 0 Å². The Kier molecular flexibility index (Phi) is 4.79.